The summed E-state index contributed by atoms with van der Waals surface area (Å²) in [7, 11) is 0. The molecule has 0 spiro atoms. The number of aromatic nitrogens is 1. The fourth-order valence-electron chi connectivity index (χ4n) is 2.91. The molecule has 2 heterocycles. The molecule has 0 fully saturated rings. The molecule has 0 unspecified atom stereocenters. The van der Waals surface area contributed by atoms with Crippen molar-refractivity contribution in [2.45, 2.75) is 11.5 Å². The van der Waals surface area contributed by atoms with E-state index in [2.05, 4.69) is 4.85 Å². The monoisotopic (exact) mass is 333 g/mol. The highest BCUT2D eigenvalue weighted by Gasteiger charge is 2.28. The van der Waals surface area contributed by atoms with Gasteiger partial charge in [-0.3, -0.25) is 4.57 Å². The third-order valence-electron chi connectivity index (χ3n) is 4.06. The molecule has 0 saturated carbocycles. The lowest BCUT2D eigenvalue weighted by Gasteiger charge is -2.08. The molecule has 0 radical (unpaired) electrons. The Morgan fingerprint density at radius 1 is 1.00 bits per heavy atom. The molecule has 1 aliphatic heterocycles. The molecule has 0 atom stereocenters. The highest BCUT2D eigenvalue weighted by molar-refractivity contribution is 7.98. The van der Waals surface area contributed by atoms with E-state index in [1.807, 2.05) is 70.9 Å². The minimum absolute atomic E-state index is 0.511. The maximum absolute atomic E-state index is 7.47. The predicted molar refractivity (Wildman–Crippen MR) is 98.0 cm³/mol. The number of anilines is 1. The van der Waals surface area contributed by atoms with Gasteiger partial charge in [0.05, 0.1) is 11.4 Å². The minimum Gasteiger partial charge on any atom is -0.457 e. The predicted octanol–water partition coefficient (Wildman–Crippen LogP) is 5.15. The summed E-state index contributed by atoms with van der Waals surface area (Å²) in [6.07, 6.45) is 0. The molecule has 0 amide bonds. The van der Waals surface area contributed by atoms with Gasteiger partial charge >= 0.3 is 0 Å². The maximum Gasteiger partial charge on any atom is 0.258 e. The Hall–Kier alpha value is -2.84. The van der Waals surface area contributed by atoms with Gasteiger partial charge in [-0.2, -0.15) is 0 Å². The van der Waals surface area contributed by atoms with E-state index < -0.39 is 0 Å². The number of hydrogen-bond acceptors (Lipinski definition) is 3. The van der Waals surface area contributed by atoms with Gasteiger partial charge in [0.25, 0.3) is 5.82 Å². The Labute approximate surface area is 144 Å². The van der Waals surface area contributed by atoms with Crippen LogP contribution in [0.5, 0.6) is 11.5 Å². The first kappa shape index (κ1) is 14.7. The van der Waals surface area contributed by atoms with E-state index in [9.17, 15) is 0 Å². The van der Waals surface area contributed by atoms with Crippen molar-refractivity contribution in [3.05, 3.63) is 77.3 Å². The molecule has 4 rings (SSSR count). The molecule has 4 nitrogen and oxygen atoms in total. The zero-order valence-corrected chi connectivity index (χ0v) is 13.7. The van der Waals surface area contributed by atoms with Crippen LogP contribution >= 0.6 is 11.8 Å². The average Bonchev–Trinajstić information content (AvgIpc) is 3.19. The normalized spacial score (nSPS) is 12.6. The number of benzene rings is 2. The van der Waals surface area contributed by atoms with Gasteiger partial charge in [-0.05, 0) is 36.4 Å². The molecule has 1 aliphatic rings. The van der Waals surface area contributed by atoms with Crippen LogP contribution in [0.3, 0.4) is 0 Å². The molecule has 24 heavy (non-hydrogen) atoms. The number of nitrogens with two attached hydrogens (primary N) is 1. The first-order chi connectivity index (χ1) is 11.8. The second-order valence-corrected chi connectivity index (χ2v) is 6.50. The van der Waals surface area contributed by atoms with Crippen molar-refractivity contribution < 1.29 is 4.74 Å². The Balaban J connectivity index is 1.69. The van der Waals surface area contributed by atoms with Gasteiger partial charge in [0, 0.05) is 11.3 Å². The van der Waals surface area contributed by atoms with Crippen LogP contribution in [0.4, 0.5) is 11.5 Å². The maximum atomic E-state index is 7.47. The van der Waals surface area contributed by atoms with Crippen molar-refractivity contribution in [1.82, 2.24) is 4.57 Å². The van der Waals surface area contributed by atoms with Crippen LogP contribution < -0.4 is 10.5 Å². The molecule has 3 aromatic rings. The van der Waals surface area contributed by atoms with Gasteiger partial charge in [0.15, 0.2) is 0 Å². The fraction of sp³-hybridized carbons (Fsp3) is 0.105. The van der Waals surface area contributed by atoms with Gasteiger partial charge in [0.1, 0.15) is 22.9 Å². The standard InChI is InChI=1S/C19H15N3OS/c1-21-19-18(20)16-11-24-12-17(16)22(19)13-7-9-15(10-8-13)23-14-5-3-2-4-6-14/h2-10H,11-12,20H2. The van der Waals surface area contributed by atoms with Gasteiger partial charge in [0.2, 0.25) is 0 Å². The highest BCUT2D eigenvalue weighted by atomic mass is 32.2. The number of thioether (sulfide) groups is 1. The minimum atomic E-state index is 0.511. The first-order valence-electron chi connectivity index (χ1n) is 7.58. The molecule has 0 bridgehead atoms. The summed E-state index contributed by atoms with van der Waals surface area (Å²) in [4.78, 5) is 3.65. The lowest BCUT2D eigenvalue weighted by atomic mass is 10.2. The van der Waals surface area contributed by atoms with Crippen LogP contribution in [-0.4, -0.2) is 4.57 Å². The summed E-state index contributed by atoms with van der Waals surface area (Å²) >= 11 is 1.83. The number of nitrogen functional groups attached to an aromatic ring is 1. The van der Waals surface area contributed by atoms with Crippen LogP contribution in [0.15, 0.2) is 54.6 Å². The zero-order chi connectivity index (χ0) is 16.5. The summed E-state index contributed by atoms with van der Waals surface area (Å²) in [6, 6.07) is 17.4. The highest BCUT2D eigenvalue weighted by Crippen LogP contribution is 2.43. The molecule has 2 aromatic carbocycles. The molecule has 2 N–H and O–H groups in total. The van der Waals surface area contributed by atoms with Crippen LogP contribution in [0.1, 0.15) is 11.3 Å². The van der Waals surface area contributed by atoms with Crippen LogP contribution in [0.2, 0.25) is 0 Å². The topological polar surface area (TPSA) is 44.5 Å². The van der Waals surface area contributed by atoms with Gasteiger partial charge in [-0.1, -0.05) is 24.8 Å². The smallest absolute Gasteiger partial charge is 0.258 e. The molecule has 118 valence electrons. The molecule has 5 heteroatoms. The van der Waals surface area contributed by atoms with Crippen molar-refractivity contribution in [3.8, 4) is 17.2 Å². The van der Waals surface area contributed by atoms with E-state index in [4.69, 9.17) is 17.0 Å². The second kappa shape index (κ2) is 5.99. The van der Waals surface area contributed by atoms with E-state index in [1.54, 1.807) is 0 Å². The largest absolute Gasteiger partial charge is 0.457 e. The summed E-state index contributed by atoms with van der Waals surface area (Å²) < 4.78 is 7.80. The van der Waals surface area contributed by atoms with Gasteiger partial charge in [-0.15, -0.1) is 11.8 Å². The summed E-state index contributed by atoms with van der Waals surface area (Å²) in [5.74, 6) is 3.84. The number of para-hydroxylation sites is 1. The number of ether oxygens (including phenoxy) is 1. The lowest BCUT2D eigenvalue weighted by Crippen LogP contribution is -1.97. The molecule has 1 aromatic heterocycles. The number of rotatable bonds is 3. The number of nitrogens with zero attached hydrogens (tertiary/aromatic N) is 2. The Morgan fingerprint density at radius 2 is 1.71 bits per heavy atom. The van der Waals surface area contributed by atoms with E-state index in [1.165, 1.54) is 0 Å². The Bertz CT molecular complexity index is 924. The molecular weight excluding hydrogens is 318 g/mol. The second-order valence-electron chi connectivity index (χ2n) is 5.51. The third kappa shape index (κ3) is 2.41. The Kier molecular flexibility index (Phi) is 3.68. The van der Waals surface area contributed by atoms with Crippen LogP contribution in [-0.2, 0) is 11.5 Å². The SMILES string of the molecule is [C-]#[N+]c1c(N)c2c(n1-c1ccc(Oc3ccccc3)cc1)CSC2. The van der Waals surface area contributed by atoms with E-state index >= 15 is 0 Å². The van der Waals surface area contributed by atoms with Crippen LogP contribution in [0, 0.1) is 6.57 Å². The van der Waals surface area contributed by atoms with Crippen LogP contribution in [0.25, 0.3) is 10.5 Å². The lowest BCUT2D eigenvalue weighted by molar-refractivity contribution is 0.482. The summed E-state index contributed by atoms with van der Waals surface area (Å²) in [6.45, 7) is 7.47. The van der Waals surface area contributed by atoms with Gasteiger partial charge < -0.3 is 15.3 Å². The van der Waals surface area contributed by atoms with Crippen molar-refractivity contribution in [2.75, 3.05) is 5.73 Å². The van der Waals surface area contributed by atoms with Crippen molar-refractivity contribution in [1.29, 1.82) is 0 Å². The van der Waals surface area contributed by atoms with E-state index in [0.29, 0.717) is 11.5 Å². The number of fused-ring (bicyclic) bond motifs is 1. The Morgan fingerprint density at radius 3 is 2.42 bits per heavy atom. The summed E-state index contributed by atoms with van der Waals surface area (Å²) in [5.41, 5.74) is 9.97. The molecule has 0 aliphatic carbocycles. The first-order valence-corrected chi connectivity index (χ1v) is 8.74. The van der Waals surface area contributed by atoms with Crippen molar-refractivity contribution in [3.63, 3.8) is 0 Å². The fourth-order valence-corrected chi connectivity index (χ4v) is 4.04. The molecule has 0 saturated heterocycles. The van der Waals surface area contributed by atoms with Crippen molar-refractivity contribution in [2.24, 2.45) is 0 Å². The van der Waals surface area contributed by atoms with E-state index in [0.717, 1.165) is 39.9 Å². The average molecular weight is 333 g/mol. The number of hydrogen-bond donors (Lipinski definition) is 1. The van der Waals surface area contributed by atoms with Gasteiger partial charge in [-0.25, -0.2) is 0 Å². The molecular formula is C19H15N3OS. The third-order valence-corrected chi connectivity index (χ3v) is 5.03. The van der Waals surface area contributed by atoms with E-state index in [-0.39, 0.29) is 0 Å². The summed E-state index contributed by atoms with van der Waals surface area (Å²) in [5, 5.41) is 0. The quantitative estimate of drug-likeness (QED) is 0.674. The van der Waals surface area contributed by atoms with Crippen molar-refractivity contribution >= 4 is 23.3 Å². The zero-order valence-electron chi connectivity index (χ0n) is 12.9.